The van der Waals surface area contributed by atoms with Crippen molar-refractivity contribution in [1.29, 1.82) is 0 Å². The highest BCUT2D eigenvalue weighted by molar-refractivity contribution is 5.87. The molecule has 2 rings (SSSR count). The van der Waals surface area contributed by atoms with Crippen molar-refractivity contribution in [2.45, 2.75) is 13.8 Å². The average molecular weight is 218 g/mol. The fraction of sp³-hybridized carbons (Fsp3) is 0.231. The van der Waals surface area contributed by atoms with Crippen LogP contribution in [0.1, 0.15) is 16.8 Å². The number of fused-ring (bicyclic) bond motifs is 1. The number of H-pyrrole nitrogens is 1. The van der Waals surface area contributed by atoms with Crippen molar-refractivity contribution >= 4 is 17.0 Å². The zero-order valence-electron chi connectivity index (χ0n) is 9.47. The highest BCUT2D eigenvalue weighted by atomic mass is 19.1. The molecule has 0 saturated carbocycles. The Bertz CT molecular complexity index is 553. The fourth-order valence-corrected chi connectivity index (χ4v) is 1.83. The molecule has 1 aromatic heterocycles. The van der Waals surface area contributed by atoms with Crippen molar-refractivity contribution in [3.05, 3.63) is 40.8 Å². The molecule has 1 heterocycles. The summed E-state index contributed by atoms with van der Waals surface area (Å²) in [4.78, 5) is 3.05. The van der Waals surface area contributed by atoms with Gasteiger partial charge in [-0.05, 0) is 37.1 Å². The maximum atomic E-state index is 13.8. The summed E-state index contributed by atoms with van der Waals surface area (Å²) >= 11 is 0. The third kappa shape index (κ3) is 1.74. The van der Waals surface area contributed by atoms with Crippen molar-refractivity contribution in [1.82, 2.24) is 4.98 Å². The van der Waals surface area contributed by atoms with Crippen LogP contribution in [-0.2, 0) is 0 Å². The Morgan fingerprint density at radius 1 is 1.38 bits per heavy atom. The van der Waals surface area contributed by atoms with E-state index < -0.39 is 0 Å². The van der Waals surface area contributed by atoms with Gasteiger partial charge in [0.2, 0.25) is 0 Å². The van der Waals surface area contributed by atoms with E-state index in [0.29, 0.717) is 12.1 Å². The third-order valence-corrected chi connectivity index (χ3v) is 2.84. The molecule has 16 heavy (non-hydrogen) atoms. The second-order valence-electron chi connectivity index (χ2n) is 3.94. The molecule has 0 aliphatic carbocycles. The maximum absolute atomic E-state index is 13.8. The fourth-order valence-electron chi connectivity index (χ4n) is 1.83. The van der Waals surface area contributed by atoms with Crippen LogP contribution in [0.4, 0.5) is 4.39 Å². The summed E-state index contributed by atoms with van der Waals surface area (Å²) in [5.41, 5.74) is 8.91. The van der Waals surface area contributed by atoms with Crippen molar-refractivity contribution < 1.29 is 4.39 Å². The lowest BCUT2D eigenvalue weighted by atomic mass is 10.1. The summed E-state index contributed by atoms with van der Waals surface area (Å²) in [6.07, 6.45) is 3.65. The summed E-state index contributed by atoms with van der Waals surface area (Å²) in [7, 11) is 0. The predicted molar refractivity (Wildman–Crippen MR) is 65.8 cm³/mol. The van der Waals surface area contributed by atoms with Gasteiger partial charge in [0.1, 0.15) is 5.82 Å². The lowest BCUT2D eigenvalue weighted by Gasteiger charge is -1.98. The highest BCUT2D eigenvalue weighted by Crippen LogP contribution is 2.25. The van der Waals surface area contributed by atoms with E-state index in [1.807, 2.05) is 32.1 Å². The molecule has 2 aromatic rings. The smallest absolute Gasteiger partial charge is 0.147 e. The normalized spacial score (nSPS) is 11.8. The van der Waals surface area contributed by atoms with E-state index in [-0.39, 0.29) is 5.82 Å². The topological polar surface area (TPSA) is 41.8 Å². The van der Waals surface area contributed by atoms with E-state index >= 15 is 0 Å². The number of nitrogens with two attached hydrogens (primary N) is 1. The van der Waals surface area contributed by atoms with Crippen LogP contribution < -0.4 is 5.73 Å². The zero-order valence-corrected chi connectivity index (χ0v) is 9.47. The Morgan fingerprint density at radius 2 is 2.12 bits per heavy atom. The molecule has 0 aliphatic rings. The van der Waals surface area contributed by atoms with Crippen molar-refractivity contribution in [3.8, 4) is 0 Å². The van der Waals surface area contributed by atoms with E-state index in [4.69, 9.17) is 5.73 Å². The molecule has 3 heteroatoms. The molecule has 0 radical (unpaired) electrons. The summed E-state index contributed by atoms with van der Waals surface area (Å²) in [6.45, 7) is 4.40. The van der Waals surface area contributed by atoms with Gasteiger partial charge >= 0.3 is 0 Å². The number of benzene rings is 1. The van der Waals surface area contributed by atoms with E-state index in [2.05, 4.69) is 4.98 Å². The first kappa shape index (κ1) is 10.9. The standard InChI is InChI=1S/C13H15FN2/c1-8-9(2)16-13-11(8)6-10(4-3-5-15)7-12(13)14/h3-4,6-7,16H,5,15H2,1-2H3/b4-3+. The molecule has 3 N–H and O–H groups in total. The Morgan fingerprint density at radius 3 is 2.81 bits per heavy atom. The Kier molecular flexibility index (Phi) is 2.79. The lowest BCUT2D eigenvalue weighted by Crippen LogP contribution is -1.92. The number of halogens is 1. The number of aryl methyl sites for hydroxylation is 2. The lowest BCUT2D eigenvalue weighted by molar-refractivity contribution is 0.637. The van der Waals surface area contributed by atoms with Gasteiger partial charge in [-0.1, -0.05) is 12.2 Å². The van der Waals surface area contributed by atoms with Gasteiger partial charge < -0.3 is 10.7 Å². The van der Waals surface area contributed by atoms with Crippen LogP contribution in [0.25, 0.3) is 17.0 Å². The van der Waals surface area contributed by atoms with Crippen LogP contribution >= 0.6 is 0 Å². The highest BCUT2D eigenvalue weighted by Gasteiger charge is 2.09. The molecular formula is C13H15FN2. The summed E-state index contributed by atoms with van der Waals surface area (Å²) in [6, 6.07) is 3.49. The first-order valence-corrected chi connectivity index (χ1v) is 5.28. The quantitative estimate of drug-likeness (QED) is 0.799. The number of aromatic amines is 1. The number of rotatable bonds is 2. The Labute approximate surface area is 94.0 Å². The number of aromatic nitrogens is 1. The second kappa shape index (κ2) is 4.10. The Balaban J connectivity index is 2.65. The van der Waals surface area contributed by atoms with E-state index in [1.165, 1.54) is 6.07 Å². The molecule has 0 fully saturated rings. The number of hydrogen-bond donors (Lipinski definition) is 2. The van der Waals surface area contributed by atoms with Gasteiger partial charge in [0.15, 0.2) is 0 Å². The third-order valence-electron chi connectivity index (χ3n) is 2.84. The minimum atomic E-state index is -0.217. The van der Waals surface area contributed by atoms with Gasteiger partial charge in [0.25, 0.3) is 0 Å². The van der Waals surface area contributed by atoms with Gasteiger partial charge in [0, 0.05) is 17.6 Å². The van der Waals surface area contributed by atoms with Gasteiger partial charge in [-0.25, -0.2) is 4.39 Å². The maximum Gasteiger partial charge on any atom is 0.147 e. The van der Waals surface area contributed by atoms with Crippen molar-refractivity contribution in [3.63, 3.8) is 0 Å². The van der Waals surface area contributed by atoms with Crippen molar-refractivity contribution in [2.24, 2.45) is 5.73 Å². The minimum Gasteiger partial charge on any atom is -0.356 e. The van der Waals surface area contributed by atoms with Crippen LogP contribution in [0.5, 0.6) is 0 Å². The molecule has 0 unspecified atom stereocenters. The van der Waals surface area contributed by atoms with Gasteiger partial charge in [0.05, 0.1) is 5.52 Å². The van der Waals surface area contributed by atoms with E-state index in [9.17, 15) is 4.39 Å². The molecule has 0 spiro atoms. The molecule has 0 aliphatic heterocycles. The SMILES string of the molecule is Cc1[nH]c2c(F)cc(/C=C/CN)cc2c1C. The molecule has 0 atom stereocenters. The van der Waals surface area contributed by atoms with Crippen LogP contribution in [0.2, 0.25) is 0 Å². The average Bonchev–Trinajstić information content (AvgIpc) is 2.54. The molecule has 2 nitrogen and oxygen atoms in total. The summed E-state index contributed by atoms with van der Waals surface area (Å²) < 4.78 is 13.8. The van der Waals surface area contributed by atoms with Crippen LogP contribution in [0.3, 0.4) is 0 Å². The molecule has 0 saturated heterocycles. The zero-order chi connectivity index (χ0) is 11.7. The molecule has 0 bridgehead atoms. The monoisotopic (exact) mass is 218 g/mol. The van der Waals surface area contributed by atoms with E-state index in [0.717, 1.165) is 22.2 Å². The first-order chi connectivity index (χ1) is 7.63. The Hall–Kier alpha value is -1.61. The summed E-state index contributed by atoms with van der Waals surface area (Å²) in [5, 5.41) is 0.939. The molecule has 1 aromatic carbocycles. The predicted octanol–water partition coefficient (Wildman–Crippen LogP) is 2.90. The van der Waals surface area contributed by atoms with E-state index in [1.54, 1.807) is 0 Å². The van der Waals surface area contributed by atoms with Gasteiger partial charge in [-0.15, -0.1) is 0 Å². The first-order valence-electron chi connectivity index (χ1n) is 5.28. The van der Waals surface area contributed by atoms with Crippen molar-refractivity contribution in [2.75, 3.05) is 6.54 Å². The molecular weight excluding hydrogens is 203 g/mol. The molecule has 84 valence electrons. The van der Waals surface area contributed by atoms with Crippen LogP contribution in [-0.4, -0.2) is 11.5 Å². The van der Waals surface area contributed by atoms with Gasteiger partial charge in [-0.3, -0.25) is 0 Å². The largest absolute Gasteiger partial charge is 0.356 e. The minimum absolute atomic E-state index is 0.217. The van der Waals surface area contributed by atoms with Crippen LogP contribution in [0.15, 0.2) is 18.2 Å². The van der Waals surface area contributed by atoms with Gasteiger partial charge in [-0.2, -0.15) is 0 Å². The second-order valence-corrected chi connectivity index (χ2v) is 3.94. The molecule has 0 amide bonds. The number of hydrogen-bond acceptors (Lipinski definition) is 1. The summed E-state index contributed by atoms with van der Waals surface area (Å²) in [5.74, 6) is -0.217. The number of nitrogens with one attached hydrogen (secondary N) is 1. The van der Waals surface area contributed by atoms with Crippen LogP contribution in [0, 0.1) is 19.7 Å².